The summed E-state index contributed by atoms with van der Waals surface area (Å²) in [6, 6.07) is 0. The second-order valence-electron chi connectivity index (χ2n) is 3.32. The Hall–Kier alpha value is -0.710. The van der Waals surface area contributed by atoms with Crippen LogP contribution >= 0.6 is 0 Å². The number of carbonyl (C=O) groups excluding carboxylic acids is 1. The SMILES string of the molecule is CCCC(C)(O)C(F)(F)C(=O)OCC. The van der Waals surface area contributed by atoms with Crippen molar-refractivity contribution in [2.24, 2.45) is 0 Å². The van der Waals surface area contributed by atoms with Gasteiger partial charge in [-0.25, -0.2) is 4.79 Å². The van der Waals surface area contributed by atoms with Gasteiger partial charge < -0.3 is 9.84 Å². The molecular weight excluding hydrogens is 194 g/mol. The van der Waals surface area contributed by atoms with Gasteiger partial charge in [0.2, 0.25) is 0 Å². The van der Waals surface area contributed by atoms with Crippen LogP contribution in [0.25, 0.3) is 0 Å². The third-order valence-corrected chi connectivity index (χ3v) is 1.95. The molecule has 0 aliphatic heterocycles. The van der Waals surface area contributed by atoms with E-state index in [9.17, 15) is 18.7 Å². The summed E-state index contributed by atoms with van der Waals surface area (Å²) in [6.45, 7) is 3.89. The fourth-order valence-corrected chi connectivity index (χ4v) is 1.09. The van der Waals surface area contributed by atoms with E-state index in [0.29, 0.717) is 6.42 Å². The Morgan fingerprint density at radius 1 is 1.43 bits per heavy atom. The summed E-state index contributed by atoms with van der Waals surface area (Å²) in [5.74, 6) is -5.52. The molecule has 14 heavy (non-hydrogen) atoms. The van der Waals surface area contributed by atoms with E-state index in [-0.39, 0.29) is 13.0 Å². The first-order valence-electron chi connectivity index (χ1n) is 4.57. The molecule has 0 radical (unpaired) electrons. The van der Waals surface area contributed by atoms with Crippen LogP contribution in [0, 0.1) is 0 Å². The van der Waals surface area contributed by atoms with Crippen molar-refractivity contribution < 1.29 is 23.4 Å². The third-order valence-electron chi connectivity index (χ3n) is 1.95. The van der Waals surface area contributed by atoms with Gasteiger partial charge in [0.05, 0.1) is 6.61 Å². The molecule has 5 heteroatoms. The molecule has 0 spiro atoms. The van der Waals surface area contributed by atoms with Crippen LogP contribution in [0.15, 0.2) is 0 Å². The maximum atomic E-state index is 13.2. The third kappa shape index (κ3) is 2.64. The van der Waals surface area contributed by atoms with Crippen LogP contribution in [0.5, 0.6) is 0 Å². The molecule has 0 bridgehead atoms. The van der Waals surface area contributed by atoms with Crippen molar-refractivity contribution in [3.63, 3.8) is 0 Å². The first-order chi connectivity index (χ1) is 6.29. The predicted octanol–water partition coefficient (Wildman–Crippen LogP) is 1.74. The van der Waals surface area contributed by atoms with E-state index in [1.165, 1.54) is 6.92 Å². The van der Waals surface area contributed by atoms with Crippen molar-refractivity contribution in [1.82, 2.24) is 0 Å². The Bertz CT molecular complexity index is 202. The lowest BCUT2D eigenvalue weighted by atomic mass is 9.93. The van der Waals surface area contributed by atoms with Crippen molar-refractivity contribution in [3.8, 4) is 0 Å². The van der Waals surface area contributed by atoms with Crippen LogP contribution in [0.4, 0.5) is 8.78 Å². The van der Waals surface area contributed by atoms with Gasteiger partial charge in [0, 0.05) is 0 Å². The zero-order chi connectivity index (χ0) is 11.4. The Morgan fingerprint density at radius 2 is 1.93 bits per heavy atom. The Morgan fingerprint density at radius 3 is 2.29 bits per heavy atom. The van der Waals surface area contributed by atoms with Crippen LogP contribution in [0.1, 0.15) is 33.6 Å². The van der Waals surface area contributed by atoms with Gasteiger partial charge in [0.25, 0.3) is 0 Å². The van der Waals surface area contributed by atoms with Gasteiger partial charge in [0.1, 0.15) is 5.60 Å². The van der Waals surface area contributed by atoms with Crippen LogP contribution in [0.2, 0.25) is 0 Å². The summed E-state index contributed by atoms with van der Waals surface area (Å²) < 4.78 is 30.7. The number of hydrogen-bond acceptors (Lipinski definition) is 3. The van der Waals surface area contributed by atoms with E-state index in [4.69, 9.17) is 0 Å². The van der Waals surface area contributed by atoms with E-state index in [1.54, 1.807) is 6.92 Å². The number of halogens is 2. The fourth-order valence-electron chi connectivity index (χ4n) is 1.09. The number of esters is 1. The average Bonchev–Trinajstić information content (AvgIpc) is 2.04. The number of aliphatic hydroxyl groups is 1. The van der Waals surface area contributed by atoms with Gasteiger partial charge >= 0.3 is 11.9 Å². The summed E-state index contributed by atoms with van der Waals surface area (Å²) >= 11 is 0. The number of rotatable bonds is 5. The number of carbonyl (C=O) groups is 1. The highest BCUT2D eigenvalue weighted by atomic mass is 19.3. The van der Waals surface area contributed by atoms with Crippen molar-refractivity contribution in [2.75, 3.05) is 6.61 Å². The van der Waals surface area contributed by atoms with Crippen molar-refractivity contribution in [2.45, 2.75) is 45.1 Å². The van der Waals surface area contributed by atoms with Gasteiger partial charge in [0.15, 0.2) is 0 Å². The Kier molecular flexibility index (Phi) is 4.45. The fraction of sp³-hybridized carbons (Fsp3) is 0.889. The minimum Gasteiger partial charge on any atom is -0.461 e. The highest BCUT2D eigenvalue weighted by Crippen LogP contribution is 2.33. The van der Waals surface area contributed by atoms with E-state index >= 15 is 0 Å². The largest absolute Gasteiger partial charge is 0.461 e. The Balaban J connectivity index is 4.65. The second-order valence-corrected chi connectivity index (χ2v) is 3.32. The smallest absolute Gasteiger partial charge is 0.380 e. The average molecular weight is 210 g/mol. The molecule has 0 aliphatic rings. The van der Waals surface area contributed by atoms with Gasteiger partial charge in [-0.1, -0.05) is 13.3 Å². The Labute approximate surface area is 82.1 Å². The molecule has 3 nitrogen and oxygen atoms in total. The molecule has 0 rings (SSSR count). The van der Waals surface area contributed by atoms with Gasteiger partial charge in [-0.05, 0) is 20.3 Å². The van der Waals surface area contributed by atoms with Crippen LogP contribution in [0.3, 0.4) is 0 Å². The number of hydrogen-bond donors (Lipinski definition) is 1. The maximum absolute atomic E-state index is 13.2. The first-order valence-corrected chi connectivity index (χ1v) is 4.57. The van der Waals surface area contributed by atoms with Crippen molar-refractivity contribution in [1.29, 1.82) is 0 Å². The highest BCUT2D eigenvalue weighted by molar-refractivity contribution is 5.79. The minimum absolute atomic E-state index is 0.128. The molecule has 1 N–H and O–H groups in total. The monoisotopic (exact) mass is 210 g/mol. The van der Waals surface area contributed by atoms with E-state index in [2.05, 4.69) is 4.74 Å². The second kappa shape index (κ2) is 4.68. The highest BCUT2D eigenvalue weighted by Gasteiger charge is 2.56. The van der Waals surface area contributed by atoms with E-state index in [0.717, 1.165) is 6.92 Å². The van der Waals surface area contributed by atoms with Crippen molar-refractivity contribution >= 4 is 5.97 Å². The van der Waals surface area contributed by atoms with Gasteiger partial charge in [-0.3, -0.25) is 0 Å². The minimum atomic E-state index is -3.85. The molecule has 0 aromatic heterocycles. The van der Waals surface area contributed by atoms with E-state index in [1.807, 2.05) is 0 Å². The zero-order valence-corrected chi connectivity index (χ0v) is 8.64. The number of alkyl halides is 2. The van der Waals surface area contributed by atoms with Crippen LogP contribution in [-0.4, -0.2) is 29.2 Å². The lowest BCUT2D eigenvalue weighted by Crippen LogP contribution is -2.51. The van der Waals surface area contributed by atoms with Gasteiger partial charge in [-0.2, -0.15) is 8.78 Å². The number of ether oxygens (including phenoxy) is 1. The summed E-state index contributed by atoms with van der Waals surface area (Å²) in [7, 11) is 0. The summed E-state index contributed by atoms with van der Waals surface area (Å²) in [4.78, 5) is 10.9. The molecule has 1 atom stereocenters. The quantitative estimate of drug-likeness (QED) is 0.703. The standard InChI is InChI=1S/C9H16F2O3/c1-4-6-8(3,13)9(10,11)7(12)14-5-2/h13H,4-6H2,1-3H3. The summed E-state index contributed by atoms with van der Waals surface area (Å²) in [5, 5.41) is 9.39. The van der Waals surface area contributed by atoms with Crippen molar-refractivity contribution in [3.05, 3.63) is 0 Å². The first kappa shape index (κ1) is 13.3. The molecule has 0 aromatic carbocycles. The van der Waals surface area contributed by atoms with E-state index < -0.39 is 17.5 Å². The molecule has 84 valence electrons. The summed E-state index contributed by atoms with van der Waals surface area (Å²) in [5.41, 5.74) is -2.34. The molecule has 0 fully saturated rings. The maximum Gasteiger partial charge on any atom is 0.380 e. The molecule has 1 unspecified atom stereocenters. The molecule has 0 saturated carbocycles. The van der Waals surface area contributed by atoms with Crippen LogP contribution < -0.4 is 0 Å². The molecule has 0 saturated heterocycles. The van der Waals surface area contributed by atoms with Crippen LogP contribution in [-0.2, 0) is 9.53 Å². The molecular formula is C9H16F2O3. The molecule has 0 aromatic rings. The van der Waals surface area contributed by atoms with Gasteiger partial charge in [-0.15, -0.1) is 0 Å². The lowest BCUT2D eigenvalue weighted by molar-refractivity contribution is -0.210. The predicted molar refractivity (Wildman–Crippen MR) is 47.1 cm³/mol. The molecule has 0 aliphatic carbocycles. The molecule has 0 heterocycles. The lowest BCUT2D eigenvalue weighted by Gasteiger charge is -2.30. The molecule has 0 amide bonds. The topological polar surface area (TPSA) is 46.5 Å². The zero-order valence-electron chi connectivity index (χ0n) is 8.64. The normalized spacial score (nSPS) is 16.1. The summed E-state index contributed by atoms with van der Waals surface area (Å²) in [6.07, 6.45) is 0.209.